The second kappa shape index (κ2) is 3.66. The Labute approximate surface area is 67.4 Å². The lowest BCUT2D eigenvalue weighted by Crippen LogP contribution is -1.91. The van der Waals surface area contributed by atoms with Crippen LogP contribution < -0.4 is 0 Å². The molecule has 0 aliphatic rings. The zero-order valence-corrected chi connectivity index (χ0v) is 6.88. The molecule has 0 aliphatic carbocycles. The van der Waals surface area contributed by atoms with Crippen LogP contribution in [-0.2, 0) is 0 Å². The second-order valence-electron chi connectivity index (χ2n) is 1.90. The summed E-state index contributed by atoms with van der Waals surface area (Å²) in [5.74, 6) is 0. The van der Waals surface area contributed by atoms with Crippen LogP contribution in [0.5, 0.6) is 0 Å². The third-order valence-electron chi connectivity index (χ3n) is 1.20. The average molecular weight is 204 g/mol. The van der Waals surface area contributed by atoms with E-state index in [-0.39, 0.29) is 0 Å². The lowest BCUT2D eigenvalue weighted by molar-refractivity contribution is 0.382. The van der Waals surface area contributed by atoms with Gasteiger partial charge in [0.25, 0.3) is 0 Å². The molecule has 0 amide bonds. The lowest BCUT2D eigenvalue weighted by atomic mass is 10.2. The quantitative estimate of drug-likeness (QED) is 0.674. The number of hydrogen-bond acceptors (Lipinski definition) is 1. The standard InChI is InChI=1S/C7H7BrFN/c8-5-7(9)6-1-3-10-4-2-6/h1-4,7H,5H2/t7-/m1/s1. The molecule has 0 aromatic carbocycles. The molecule has 0 fully saturated rings. The first kappa shape index (κ1) is 7.66. The van der Waals surface area contributed by atoms with E-state index in [4.69, 9.17) is 0 Å². The molecule has 0 unspecified atom stereocenters. The Morgan fingerprint density at radius 3 is 2.60 bits per heavy atom. The lowest BCUT2D eigenvalue weighted by Gasteiger charge is -2.01. The number of pyridine rings is 1. The molecule has 0 bridgehead atoms. The van der Waals surface area contributed by atoms with E-state index in [1.807, 2.05) is 0 Å². The van der Waals surface area contributed by atoms with Crippen molar-refractivity contribution in [1.29, 1.82) is 0 Å². The normalized spacial score (nSPS) is 13.0. The van der Waals surface area contributed by atoms with Gasteiger partial charge in [-0.25, -0.2) is 4.39 Å². The maximum Gasteiger partial charge on any atom is 0.135 e. The van der Waals surface area contributed by atoms with Crippen molar-refractivity contribution in [3.63, 3.8) is 0 Å². The summed E-state index contributed by atoms with van der Waals surface area (Å²) in [6.07, 6.45) is 2.26. The molecule has 0 radical (unpaired) electrons. The molecule has 10 heavy (non-hydrogen) atoms. The highest BCUT2D eigenvalue weighted by Crippen LogP contribution is 2.17. The molecule has 1 heterocycles. The van der Waals surface area contributed by atoms with Gasteiger partial charge in [0, 0.05) is 17.7 Å². The van der Waals surface area contributed by atoms with E-state index in [0.717, 1.165) is 0 Å². The molecule has 0 saturated carbocycles. The Kier molecular flexibility index (Phi) is 2.81. The Morgan fingerprint density at radius 1 is 1.50 bits per heavy atom. The van der Waals surface area contributed by atoms with Crippen LogP contribution in [0.15, 0.2) is 24.5 Å². The van der Waals surface area contributed by atoms with E-state index in [2.05, 4.69) is 20.9 Å². The van der Waals surface area contributed by atoms with Gasteiger partial charge in [-0.15, -0.1) is 0 Å². The maximum atomic E-state index is 12.8. The predicted octanol–water partition coefficient (Wildman–Crippen LogP) is 2.49. The van der Waals surface area contributed by atoms with Crippen molar-refractivity contribution in [2.75, 3.05) is 5.33 Å². The first-order valence-electron chi connectivity index (χ1n) is 2.94. The Morgan fingerprint density at radius 2 is 2.10 bits per heavy atom. The summed E-state index contributed by atoms with van der Waals surface area (Å²) in [4.78, 5) is 3.78. The fourth-order valence-corrected chi connectivity index (χ4v) is 1.04. The number of rotatable bonds is 2. The van der Waals surface area contributed by atoms with E-state index in [9.17, 15) is 4.39 Å². The summed E-state index contributed by atoms with van der Waals surface area (Å²) >= 11 is 3.06. The minimum Gasteiger partial charge on any atom is -0.265 e. The van der Waals surface area contributed by atoms with Gasteiger partial charge in [0.05, 0.1) is 0 Å². The fraction of sp³-hybridized carbons (Fsp3) is 0.286. The molecule has 1 rings (SSSR count). The van der Waals surface area contributed by atoms with Gasteiger partial charge < -0.3 is 0 Å². The van der Waals surface area contributed by atoms with Gasteiger partial charge in [-0.3, -0.25) is 4.98 Å². The van der Waals surface area contributed by atoms with Crippen molar-refractivity contribution in [3.8, 4) is 0 Å². The number of halogens is 2. The summed E-state index contributed by atoms with van der Waals surface area (Å²) in [5, 5.41) is 0.344. The minimum atomic E-state index is -0.914. The van der Waals surface area contributed by atoms with Gasteiger partial charge in [-0.05, 0) is 17.7 Å². The van der Waals surface area contributed by atoms with Crippen LogP contribution in [-0.4, -0.2) is 10.3 Å². The third kappa shape index (κ3) is 1.77. The Bertz CT molecular complexity index is 190. The highest BCUT2D eigenvalue weighted by atomic mass is 79.9. The molecule has 1 aromatic rings. The molecule has 0 N–H and O–H groups in total. The second-order valence-corrected chi connectivity index (χ2v) is 2.55. The van der Waals surface area contributed by atoms with Gasteiger partial charge in [-0.2, -0.15) is 0 Å². The summed E-state index contributed by atoms with van der Waals surface area (Å²) in [6.45, 7) is 0. The zero-order valence-electron chi connectivity index (χ0n) is 5.30. The SMILES string of the molecule is F[C@H](CBr)c1ccncc1. The monoisotopic (exact) mass is 203 g/mol. The highest BCUT2D eigenvalue weighted by molar-refractivity contribution is 9.09. The van der Waals surface area contributed by atoms with E-state index < -0.39 is 6.17 Å². The van der Waals surface area contributed by atoms with Crippen LogP contribution in [0.4, 0.5) is 4.39 Å². The van der Waals surface area contributed by atoms with Crippen LogP contribution in [0.1, 0.15) is 11.7 Å². The average Bonchev–Trinajstić information content (AvgIpc) is 2.05. The molecule has 0 aliphatic heterocycles. The molecule has 54 valence electrons. The number of aromatic nitrogens is 1. The largest absolute Gasteiger partial charge is 0.265 e. The first-order chi connectivity index (χ1) is 4.84. The Hall–Kier alpha value is -0.440. The predicted molar refractivity (Wildman–Crippen MR) is 41.9 cm³/mol. The van der Waals surface area contributed by atoms with E-state index in [1.165, 1.54) is 0 Å². The molecule has 1 atom stereocenters. The van der Waals surface area contributed by atoms with E-state index in [0.29, 0.717) is 10.9 Å². The van der Waals surface area contributed by atoms with Crippen molar-refractivity contribution in [2.24, 2.45) is 0 Å². The van der Waals surface area contributed by atoms with Crippen molar-refractivity contribution < 1.29 is 4.39 Å². The van der Waals surface area contributed by atoms with Crippen LogP contribution in [0.3, 0.4) is 0 Å². The van der Waals surface area contributed by atoms with Gasteiger partial charge in [0.2, 0.25) is 0 Å². The van der Waals surface area contributed by atoms with E-state index in [1.54, 1.807) is 24.5 Å². The molecule has 0 spiro atoms. The molecule has 1 nitrogen and oxygen atoms in total. The molecular formula is C7H7BrFN. The number of alkyl halides is 2. The van der Waals surface area contributed by atoms with Gasteiger partial charge in [0.15, 0.2) is 0 Å². The van der Waals surface area contributed by atoms with Crippen LogP contribution in [0.25, 0.3) is 0 Å². The van der Waals surface area contributed by atoms with Crippen molar-refractivity contribution in [3.05, 3.63) is 30.1 Å². The van der Waals surface area contributed by atoms with Crippen LogP contribution in [0, 0.1) is 0 Å². The van der Waals surface area contributed by atoms with Crippen molar-refractivity contribution >= 4 is 15.9 Å². The Balaban J connectivity index is 2.75. The van der Waals surface area contributed by atoms with Crippen LogP contribution >= 0.6 is 15.9 Å². The maximum absolute atomic E-state index is 12.8. The van der Waals surface area contributed by atoms with Gasteiger partial charge in [-0.1, -0.05) is 15.9 Å². The number of hydrogen-bond donors (Lipinski definition) is 0. The smallest absolute Gasteiger partial charge is 0.135 e. The van der Waals surface area contributed by atoms with E-state index >= 15 is 0 Å². The highest BCUT2D eigenvalue weighted by Gasteiger charge is 2.05. The third-order valence-corrected chi connectivity index (χ3v) is 1.77. The number of nitrogens with zero attached hydrogens (tertiary/aromatic N) is 1. The summed E-state index contributed by atoms with van der Waals surface area (Å²) in [5.41, 5.74) is 0.673. The molecular weight excluding hydrogens is 197 g/mol. The van der Waals surface area contributed by atoms with Crippen molar-refractivity contribution in [1.82, 2.24) is 4.98 Å². The minimum absolute atomic E-state index is 0.344. The summed E-state index contributed by atoms with van der Waals surface area (Å²) in [6, 6.07) is 3.35. The van der Waals surface area contributed by atoms with Gasteiger partial charge in [0.1, 0.15) is 6.17 Å². The van der Waals surface area contributed by atoms with Crippen LogP contribution in [0.2, 0.25) is 0 Å². The molecule has 0 saturated heterocycles. The molecule has 1 aromatic heterocycles. The summed E-state index contributed by atoms with van der Waals surface area (Å²) in [7, 11) is 0. The molecule has 3 heteroatoms. The topological polar surface area (TPSA) is 12.9 Å². The zero-order chi connectivity index (χ0) is 7.40. The summed E-state index contributed by atoms with van der Waals surface area (Å²) < 4.78 is 12.8. The van der Waals surface area contributed by atoms with Crippen molar-refractivity contribution in [2.45, 2.75) is 6.17 Å². The fourth-order valence-electron chi connectivity index (χ4n) is 0.661. The first-order valence-corrected chi connectivity index (χ1v) is 4.06. The van der Waals surface area contributed by atoms with Gasteiger partial charge >= 0.3 is 0 Å².